The Morgan fingerprint density at radius 2 is 2.40 bits per heavy atom. The summed E-state index contributed by atoms with van der Waals surface area (Å²) in [5, 5.41) is 4.10. The molecule has 1 aromatic rings. The Morgan fingerprint density at radius 1 is 1.70 bits per heavy atom. The fourth-order valence-corrected chi connectivity index (χ4v) is 0.743. The fourth-order valence-electron chi connectivity index (χ4n) is 0.621. The summed E-state index contributed by atoms with van der Waals surface area (Å²) in [5.41, 5.74) is 0. The first kappa shape index (κ1) is 7.54. The number of halogens is 1. The van der Waals surface area contributed by atoms with Gasteiger partial charge in [-0.3, -0.25) is 4.68 Å². The predicted molar refractivity (Wildman–Crippen MR) is 40.0 cm³/mol. The van der Waals surface area contributed by atoms with Gasteiger partial charge in [0.2, 0.25) is 0 Å². The zero-order chi connectivity index (χ0) is 7.56. The highest BCUT2D eigenvalue weighted by molar-refractivity contribution is 6.16. The second-order valence-electron chi connectivity index (χ2n) is 2.37. The number of hydrogen-bond donors (Lipinski definition) is 0. The third-order valence-corrected chi connectivity index (χ3v) is 1.44. The Kier molecular flexibility index (Phi) is 2.27. The minimum absolute atomic E-state index is 0.365. The van der Waals surface area contributed by atoms with E-state index in [1.54, 1.807) is 11.0 Å². The van der Waals surface area contributed by atoms with Crippen molar-refractivity contribution in [1.29, 1.82) is 0 Å². The van der Waals surface area contributed by atoms with Crippen LogP contribution in [-0.4, -0.2) is 14.8 Å². The van der Waals surface area contributed by atoms with Crippen molar-refractivity contribution in [3.63, 3.8) is 0 Å². The molecule has 0 aromatic carbocycles. The van der Waals surface area contributed by atoms with Crippen LogP contribution in [0.2, 0.25) is 0 Å². The zero-order valence-corrected chi connectivity index (χ0v) is 6.84. The molecule has 0 amide bonds. The minimum atomic E-state index is 0.365. The van der Waals surface area contributed by atoms with Crippen molar-refractivity contribution in [1.82, 2.24) is 14.8 Å². The highest BCUT2D eigenvalue weighted by atomic mass is 35.5. The first-order chi connectivity index (χ1) is 4.74. The van der Waals surface area contributed by atoms with Gasteiger partial charge in [0.25, 0.3) is 0 Å². The van der Waals surface area contributed by atoms with Gasteiger partial charge in [0, 0.05) is 6.04 Å². The summed E-state index contributed by atoms with van der Waals surface area (Å²) in [4.78, 5) is 3.98. The fraction of sp³-hybridized carbons (Fsp3) is 0.667. The number of hydrogen-bond acceptors (Lipinski definition) is 2. The minimum Gasteiger partial charge on any atom is -0.250 e. The van der Waals surface area contributed by atoms with E-state index in [0.29, 0.717) is 17.7 Å². The molecule has 0 aliphatic carbocycles. The lowest BCUT2D eigenvalue weighted by Gasteiger charge is -2.00. The molecule has 1 heterocycles. The van der Waals surface area contributed by atoms with Gasteiger partial charge in [-0.05, 0) is 13.8 Å². The Bertz CT molecular complexity index is 207. The van der Waals surface area contributed by atoms with Crippen LogP contribution in [0.5, 0.6) is 0 Å². The molecule has 0 unspecified atom stereocenters. The van der Waals surface area contributed by atoms with Crippen LogP contribution in [-0.2, 0) is 5.88 Å². The molecule has 0 spiro atoms. The molecule has 0 N–H and O–H groups in total. The van der Waals surface area contributed by atoms with E-state index in [2.05, 4.69) is 10.1 Å². The quantitative estimate of drug-likeness (QED) is 0.614. The first-order valence-corrected chi connectivity index (χ1v) is 3.73. The largest absolute Gasteiger partial charge is 0.250 e. The maximum absolute atomic E-state index is 5.51. The van der Waals surface area contributed by atoms with Crippen LogP contribution >= 0.6 is 11.6 Å². The first-order valence-electron chi connectivity index (χ1n) is 3.20. The molecule has 0 saturated heterocycles. The number of alkyl halides is 1. The Hall–Kier alpha value is -0.570. The van der Waals surface area contributed by atoms with Crippen LogP contribution in [0, 0.1) is 0 Å². The van der Waals surface area contributed by atoms with Gasteiger partial charge < -0.3 is 0 Å². The van der Waals surface area contributed by atoms with Gasteiger partial charge in [0.05, 0.1) is 5.88 Å². The van der Waals surface area contributed by atoms with Gasteiger partial charge in [-0.2, -0.15) is 5.10 Å². The second-order valence-corrected chi connectivity index (χ2v) is 2.64. The van der Waals surface area contributed by atoms with Crippen molar-refractivity contribution in [2.24, 2.45) is 0 Å². The number of aromatic nitrogens is 3. The Morgan fingerprint density at radius 3 is 2.70 bits per heavy atom. The normalized spacial score (nSPS) is 10.8. The maximum atomic E-state index is 5.51. The van der Waals surface area contributed by atoms with Gasteiger partial charge in [0.15, 0.2) is 5.82 Å². The van der Waals surface area contributed by atoms with Crippen LogP contribution < -0.4 is 0 Å². The van der Waals surface area contributed by atoms with E-state index in [1.807, 2.05) is 13.8 Å². The van der Waals surface area contributed by atoms with E-state index in [1.165, 1.54) is 0 Å². The zero-order valence-electron chi connectivity index (χ0n) is 6.08. The summed E-state index contributed by atoms with van der Waals surface area (Å²) in [6, 6.07) is 0.365. The molecule has 0 fully saturated rings. The van der Waals surface area contributed by atoms with Crippen LogP contribution in [0.15, 0.2) is 6.33 Å². The topological polar surface area (TPSA) is 30.7 Å². The molecule has 0 atom stereocenters. The third-order valence-electron chi connectivity index (χ3n) is 1.20. The summed E-state index contributed by atoms with van der Waals surface area (Å²) in [5.74, 6) is 1.08. The Labute approximate surface area is 65.0 Å². The van der Waals surface area contributed by atoms with Crippen molar-refractivity contribution >= 4 is 11.6 Å². The van der Waals surface area contributed by atoms with Crippen LogP contribution in [0.4, 0.5) is 0 Å². The third kappa shape index (κ3) is 1.48. The summed E-state index contributed by atoms with van der Waals surface area (Å²) >= 11 is 5.51. The monoisotopic (exact) mass is 159 g/mol. The number of rotatable bonds is 2. The highest BCUT2D eigenvalue weighted by Gasteiger charge is 2.00. The predicted octanol–water partition coefficient (Wildman–Crippen LogP) is 1.60. The molecule has 0 saturated carbocycles. The summed E-state index contributed by atoms with van der Waals surface area (Å²) in [6.45, 7) is 4.10. The molecule has 0 aliphatic heterocycles. The summed E-state index contributed by atoms with van der Waals surface area (Å²) in [7, 11) is 0. The van der Waals surface area contributed by atoms with E-state index >= 15 is 0 Å². The molecule has 10 heavy (non-hydrogen) atoms. The number of nitrogens with zero attached hydrogens (tertiary/aromatic N) is 3. The molecule has 0 aliphatic rings. The van der Waals surface area contributed by atoms with Crippen LogP contribution in [0.1, 0.15) is 25.7 Å². The van der Waals surface area contributed by atoms with E-state index in [-0.39, 0.29) is 0 Å². The lowest BCUT2D eigenvalue weighted by atomic mass is 10.4. The Balaban J connectivity index is 2.78. The van der Waals surface area contributed by atoms with Crippen molar-refractivity contribution in [2.45, 2.75) is 25.8 Å². The van der Waals surface area contributed by atoms with E-state index < -0.39 is 0 Å². The lowest BCUT2D eigenvalue weighted by Crippen LogP contribution is -2.01. The average Bonchev–Trinajstić information content (AvgIpc) is 2.34. The van der Waals surface area contributed by atoms with E-state index in [0.717, 1.165) is 0 Å². The van der Waals surface area contributed by atoms with Crippen molar-refractivity contribution < 1.29 is 0 Å². The molecule has 1 aromatic heterocycles. The van der Waals surface area contributed by atoms with Gasteiger partial charge in [-0.15, -0.1) is 11.6 Å². The summed E-state index contributed by atoms with van der Waals surface area (Å²) in [6.07, 6.45) is 1.70. The molecule has 0 bridgehead atoms. The average molecular weight is 160 g/mol. The molecule has 3 nitrogen and oxygen atoms in total. The molecule has 4 heteroatoms. The van der Waals surface area contributed by atoms with Gasteiger partial charge >= 0.3 is 0 Å². The van der Waals surface area contributed by atoms with Gasteiger partial charge in [-0.1, -0.05) is 0 Å². The van der Waals surface area contributed by atoms with E-state index in [4.69, 9.17) is 11.6 Å². The molecule has 56 valence electrons. The highest BCUT2D eigenvalue weighted by Crippen LogP contribution is 2.01. The van der Waals surface area contributed by atoms with Crippen molar-refractivity contribution in [3.8, 4) is 0 Å². The van der Waals surface area contributed by atoms with Crippen molar-refractivity contribution in [2.75, 3.05) is 0 Å². The van der Waals surface area contributed by atoms with Gasteiger partial charge in [0.1, 0.15) is 6.33 Å². The van der Waals surface area contributed by atoms with E-state index in [9.17, 15) is 0 Å². The second kappa shape index (κ2) is 3.01. The van der Waals surface area contributed by atoms with Crippen LogP contribution in [0.3, 0.4) is 0 Å². The lowest BCUT2D eigenvalue weighted by molar-refractivity contribution is 0.527. The molecular formula is C6H10ClN3. The smallest absolute Gasteiger partial charge is 0.165 e. The van der Waals surface area contributed by atoms with Gasteiger partial charge in [-0.25, -0.2) is 4.98 Å². The molecule has 1 rings (SSSR count). The SMILES string of the molecule is CC(C)n1cnc(CCl)n1. The van der Waals surface area contributed by atoms with Crippen molar-refractivity contribution in [3.05, 3.63) is 12.2 Å². The van der Waals surface area contributed by atoms with Crippen LogP contribution in [0.25, 0.3) is 0 Å². The maximum Gasteiger partial charge on any atom is 0.165 e. The molecular weight excluding hydrogens is 150 g/mol. The summed E-state index contributed by atoms with van der Waals surface area (Å²) < 4.78 is 1.79. The standard InChI is InChI=1S/C6H10ClN3/c1-5(2)10-4-8-6(3-7)9-10/h4-5H,3H2,1-2H3. The molecule has 0 radical (unpaired) electrons.